The molecule has 0 saturated carbocycles. The van der Waals surface area contributed by atoms with Crippen LogP contribution in [0.5, 0.6) is 0 Å². The fraction of sp³-hybridized carbons (Fsp3) is 0.436. The molecular formula is C78H104N28. The van der Waals surface area contributed by atoms with Crippen molar-refractivity contribution in [3.05, 3.63) is 145 Å². The van der Waals surface area contributed by atoms with Gasteiger partial charge < -0.3 is 82.1 Å². The zero-order valence-corrected chi connectivity index (χ0v) is 63.2. The molecule has 16 rings (SSSR count). The third-order valence-corrected chi connectivity index (χ3v) is 19.1. The molecule has 0 bridgehead atoms. The van der Waals surface area contributed by atoms with E-state index >= 15 is 0 Å². The summed E-state index contributed by atoms with van der Waals surface area (Å²) < 4.78 is 8.33. The Morgan fingerprint density at radius 3 is 0.783 bits per heavy atom. The van der Waals surface area contributed by atoms with Gasteiger partial charge in [0, 0.05) is 97.3 Å². The molecule has 0 unspecified atom stereocenters. The molecule has 12 N–H and O–H groups in total. The zero-order chi connectivity index (χ0) is 73.8. The number of aromatic nitrogens is 16. The van der Waals surface area contributed by atoms with Crippen LogP contribution in [-0.4, -0.2) is 155 Å². The number of nitrogens with one attached hydrogen (secondary N) is 12. The predicted molar refractivity (Wildman–Crippen MR) is 430 cm³/mol. The molecule has 4 aliphatic heterocycles. The van der Waals surface area contributed by atoms with Crippen LogP contribution in [0.15, 0.2) is 122 Å². The fourth-order valence-electron chi connectivity index (χ4n) is 13.5. The highest BCUT2D eigenvalue weighted by Gasteiger charge is 2.25. The minimum atomic E-state index is 0.279. The van der Waals surface area contributed by atoms with Crippen LogP contribution in [-0.2, 0) is 0 Å². The van der Waals surface area contributed by atoms with Gasteiger partial charge >= 0.3 is 0 Å². The van der Waals surface area contributed by atoms with Crippen molar-refractivity contribution in [2.75, 3.05) is 94.9 Å². The van der Waals surface area contributed by atoms with E-state index in [0.717, 1.165) is 182 Å². The van der Waals surface area contributed by atoms with Crippen molar-refractivity contribution in [2.45, 2.75) is 170 Å². The number of anilines is 12. The van der Waals surface area contributed by atoms with E-state index in [0.29, 0.717) is 48.0 Å². The summed E-state index contributed by atoms with van der Waals surface area (Å²) in [4.78, 5) is 56.3. The Labute approximate surface area is 620 Å². The Balaban J connectivity index is 0.000000125. The van der Waals surface area contributed by atoms with E-state index in [2.05, 4.69) is 234 Å². The average Bonchev–Trinajstić information content (AvgIpc) is 1.62. The first-order valence-electron chi connectivity index (χ1n) is 37.6. The third kappa shape index (κ3) is 18.5. The summed E-state index contributed by atoms with van der Waals surface area (Å²) in [5.74, 6) is 5.50. The van der Waals surface area contributed by atoms with Gasteiger partial charge in [0.15, 0.2) is 67.9 Å². The highest BCUT2D eigenvalue weighted by molar-refractivity contribution is 5.90. The van der Waals surface area contributed by atoms with Gasteiger partial charge in [-0.3, -0.25) is 0 Å². The van der Waals surface area contributed by atoms with Crippen molar-refractivity contribution >= 4 is 114 Å². The summed E-state index contributed by atoms with van der Waals surface area (Å²) >= 11 is 0. The van der Waals surface area contributed by atoms with Crippen LogP contribution in [0.25, 0.3) is 44.7 Å². The molecule has 28 heteroatoms. The smallest absolute Gasteiger partial charge is 0.227 e. The van der Waals surface area contributed by atoms with Crippen molar-refractivity contribution in [1.29, 1.82) is 0 Å². The van der Waals surface area contributed by atoms with Gasteiger partial charge in [-0.1, -0.05) is 48.5 Å². The Morgan fingerprint density at radius 1 is 0.321 bits per heavy atom. The van der Waals surface area contributed by atoms with E-state index in [-0.39, 0.29) is 24.2 Å². The third-order valence-electron chi connectivity index (χ3n) is 19.1. The molecule has 0 radical (unpaired) electrons. The summed E-state index contributed by atoms with van der Waals surface area (Å²) in [6.45, 7) is 33.3. The number of hydrogen-bond acceptors (Lipinski definition) is 24. The first-order valence-corrected chi connectivity index (χ1v) is 37.6. The Kier molecular flexibility index (Phi) is 23.6. The Hall–Kier alpha value is -10.7. The molecule has 0 amide bonds. The highest BCUT2D eigenvalue weighted by atomic mass is 15.3. The Morgan fingerprint density at radius 2 is 0.566 bits per heavy atom. The summed E-state index contributed by atoms with van der Waals surface area (Å²) in [6.07, 6.45) is 14.1. The van der Waals surface area contributed by atoms with Gasteiger partial charge in [-0.05, 0) is 219 Å². The maximum atomic E-state index is 4.78. The SMILES string of the molecule is Cc1cccc(Nc2nc(N[C@@H]3CCCNC3)nc3c2ncn3C(C)C)c1.Cc1cccc(Nc2nc(N[C@@H]3CCNC3)nc3c2ncn3C(C)C)c1.Cc1cccc(Nc2nc(N[C@H]3CCCNC3)nc3c2ncn3C(C)C)c1.Cc1cccc(Nc2nc(N[C@H]3CCNC3)nc3c2ncn3C(C)C)c1. The van der Waals surface area contributed by atoms with Crippen molar-refractivity contribution in [3.8, 4) is 0 Å². The van der Waals surface area contributed by atoms with Crippen molar-refractivity contribution < 1.29 is 0 Å². The van der Waals surface area contributed by atoms with E-state index in [1.54, 1.807) is 0 Å². The van der Waals surface area contributed by atoms with E-state index in [4.69, 9.17) is 39.9 Å². The number of rotatable bonds is 20. The molecule has 0 aliphatic carbocycles. The second-order valence-corrected chi connectivity index (χ2v) is 29.3. The van der Waals surface area contributed by atoms with Gasteiger partial charge in [0.2, 0.25) is 23.8 Å². The molecule has 12 aromatic rings. The number of nitrogens with zero attached hydrogens (tertiary/aromatic N) is 16. The topological polar surface area (TPSA) is 319 Å². The van der Waals surface area contributed by atoms with Gasteiger partial charge in [-0.25, -0.2) is 19.9 Å². The molecular weight excluding hydrogens is 1330 g/mol. The first kappa shape index (κ1) is 73.6. The highest BCUT2D eigenvalue weighted by Crippen LogP contribution is 2.33. The standard InChI is InChI=1S/2C20H27N7.2C19H25N7/c2*1-13(2)27-12-22-17-18(23-15-7-4-6-14(3)10-15)25-20(26-19(17)27)24-16-8-5-9-21-11-16;2*1-12(2)26-11-21-16-17(22-14-6-4-5-13(3)9-14)24-19(25-18(16)26)23-15-7-8-20-10-15/h2*4,6-7,10,12-13,16,21H,5,8-9,11H2,1-3H3,(H2,23,24,25,26);2*4-6,9,11-12,15,20H,7-8,10H2,1-3H3,(H2,22,23,24,25)/t2*16-;2*15-/m1010/s1. The first-order chi connectivity index (χ1) is 51.4. The van der Waals surface area contributed by atoms with E-state index in [9.17, 15) is 0 Å². The lowest BCUT2D eigenvalue weighted by Crippen LogP contribution is -2.38. The minimum absolute atomic E-state index is 0.279. The van der Waals surface area contributed by atoms with Crippen LogP contribution >= 0.6 is 0 Å². The molecule has 4 saturated heterocycles. The molecule has 4 atom stereocenters. The summed E-state index contributed by atoms with van der Waals surface area (Å²) in [7, 11) is 0. The number of hydrogen-bond donors (Lipinski definition) is 12. The normalized spacial score (nSPS) is 17.3. The monoisotopic (exact) mass is 1430 g/mol. The van der Waals surface area contributed by atoms with Gasteiger partial charge in [0.05, 0.1) is 25.3 Å². The number of aryl methyl sites for hydroxylation is 4. The van der Waals surface area contributed by atoms with Gasteiger partial charge in [-0.2, -0.15) is 39.9 Å². The van der Waals surface area contributed by atoms with Crippen LogP contribution < -0.4 is 63.8 Å². The van der Waals surface area contributed by atoms with Crippen LogP contribution in [0, 0.1) is 27.7 Å². The maximum absolute atomic E-state index is 4.78. The van der Waals surface area contributed by atoms with E-state index in [1.807, 2.05) is 73.8 Å². The maximum Gasteiger partial charge on any atom is 0.227 e. The van der Waals surface area contributed by atoms with E-state index in [1.165, 1.54) is 22.3 Å². The zero-order valence-electron chi connectivity index (χ0n) is 63.2. The van der Waals surface area contributed by atoms with E-state index < -0.39 is 0 Å². The fourth-order valence-corrected chi connectivity index (χ4v) is 13.5. The van der Waals surface area contributed by atoms with Gasteiger partial charge in [-0.15, -0.1) is 0 Å². The number of piperidine rings is 2. The lowest BCUT2D eigenvalue weighted by Gasteiger charge is -2.24. The summed E-state index contributed by atoms with van der Waals surface area (Å²) in [6, 6.07) is 35.5. The van der Waals surface area contributed by atoms with Crippen molar-refractivity contribution in [1.82, 2.24) is 99.3 Å². The molecule has 4 aliphatic rings. The molecule has 28 nitrogen and oxygen atoms in total. The number of fused-ring (bicyclic) bond motifs is 4. The molecule has 0 spiro atoms. The molecule has 4 fully saturated rings. The predicted octanol–water partition coefficient (Wildman–Crippen LogP) is 13.7. The quantitative estimate of drug-likeness (QED) is 0.0337. The van der Waals surface area contributed by atoms with Crippen LogP contribution in [0.3, 0.4) is 0 Å². The van der Waals surface area contributed by atoms with Crippen LogP contribution in [0.2, 0.25) is 0 Å². The second kappa shape index (κ2) is 34.0. The molecule has 12 heterocycles. The lowest BCUT2D eigenvalue weighted by atomic mass is 10.1. The largest absolute Gasteiger partial charge is 0.350 e. The molecule has 106 heavy (non-hydrogen) atoms. The second-order valence-electron chi connectivity index (χ2n) is 29.3. The van der Waals surface area contributed by atoms with Gasteiger partial charge in [0.25, 0.3) is 0 Å². The molecule has 4 aromatic carbocycles. The Bertz CT molecular complexity index is 4580. The van der Waals surface area contributed by atoms with Crippen molar-refractivity contribution in [3.63, 3.8) is 0 Å². The van der Waals surface area contributed by atoms with Gasteiger partial charge in [0.1, 0.15) is 0 Å². The van der Waals surface area contributed by atoms with Crippen LogP contribution in [0.1, 0.15) is 140 Å². The summed E-state index contributed by atoms with van der Waals surface area (Å²) in [5, 5.41) is 41.2. The molecule has 8 aromatic heterocycles. The number of imidazole rings is 4. The molecule has 556 valence electrons. The van der Waals surface area contributed by atoms with Crippen LogP contribution in [0.4, 0.5) is 69.8 Å². The minimum Gasteiger partial charge on any atom is -0.350 e. The summed E-state index contributed by atoms with van der Waals surface area (Å²) in [5.41, 5.74) is 15.3. The average molecular weight is 1430 g/mol. The lowest BCUT2D eigenvalue weighted by molar-refractivity contribution is 0.478. The van der Waals surface area contributed by atoms with Crippen molar-refractivity contribution in [2.24, 2.45) is 0 Å². The number of benzene rings is 4.